The Hall–Kier alpha value is -5.26. The minimum atomic E-state index is -3.06. The molecule has 2 aliphatic heterocycles. The molecule has 3 amide bonds. The summed E-state index contributed by atoms with van der Waals surface area (Å²) in [4.78, 5) is 57.7. The van der Waals surface area contributed by atoms with Crippen LogP contribution in [0.1, 0.15) is 51.2 Å². The summed E-state index contributed by atoms with van der Waals surface area (Å²) in [6.45, 7) is 6.86. The molecule has 2 aliphatic rings. The molecule has 4 aromatic carbocycles. The van der Waals surface area contributed by atoms with Gasteiger partial charge in [0.1, 0.15) is 31.8 Å². The molecule has 4 aromatic rings. The van der Waals surface area contributed by atoms with Crippen LogP contribution in [0.5, 0.6) is 0 Å². The van der Waals surface area contributed by atoms with E-state index >= 15 is 0 Å². The molecule has 0 bridgehead atoms. The molecule has 11 heteroatoms. The van der Waals surface area contributed by atoms with Crippen LogP contribution in [0.2, 0.25) is 5.04 Å². The second-order valence-corrected chi connectivity index (χ2v) is 19.2. The Morgan fingerprint density at radius 3 is 1.76 bits per heavy atom. The Morgan fingerprint density at radius 2 is 1.22 bits per heavy atom. The Balaban J connectivity index is 1.25. The van der Waals surface area contributed by atoms with E-state index in [1.54, 1.807) is 4.90 Å². The lowest BCUT2D eigenvalue weighted by molar-refractivity contribution is -0.146. The molecule has 2 heterocycles. The van der Waals surface area contributed by atoms with E-state index in [1.165, 1.54) is 4.90 Å². The Labute approximate surface area is 318 Å². The number of rotatable bonds is 12. The third kappa shape index (κ3) is 8.74. The first-order chi connectivity index (χ1) is 26.1. The number of esters is 1. The van der Waals surface area contributed by atoms with Crippen LogP contribution in [0.15, 0.2) is 121 Å². The highest BCUT2D eigenvalue weighted by molar-refractivity contribution is 6.99. The first kappa shape index (κ1) is 38.5. The number of hydrogen-bond donors (Lipinski definition) is 1. The number of benzene rings is 4. The van der Waals surface area contributed by atoms with Crippen molar-refractivity contribution in [2.45, 2.75) is 76.5 Å². The Bertz CT molecular complexity index is 1830. The quantitative estimate of drug-likeness (QED) is 0.157. The van der Waals surface area contributed by atoms with Crippen LogP contribution < -0.4 is 15.7 Å². The molecule has 2 fully saturated rings. The summed E-state index contributed by atoms with van der Waals surface area (Å²) in [6, 6.07) is 37.4. The maximum atomic E-state index is 14.6. The standard InChI is InChI=1S/C43H49N3O7Si/c1-43(2,3)54(35-21-12-6-13-22-35,36-23-14-7-15-24-36)53-34-27-38(40(48)44-28-39(47)51-30-32-17-8-4-9-18-32)46(29-34)41(49)37-25-16-26-45(37)42(50)52-31-33-19-10-5-11-20-33/h4-15,17-24,34,37-38H,16,25-31H2,1-3H3,(H,44,48)/t34-,37+,38+/m1/s1. The van der Waals surface area contributed by atoms with Gasteiger partial charge in [-0.2, -0.15) is 0 Å². The molecule has 0 radical (unpaired) electrons. The molecular formula is C43H49N3O7Si. The van der Waals surface area contributed by atoms with Crippen molar-refractivity contribution in [3.8, 4) is 0 Å². The lowest BCUT2D eigenvalue weighted by Gasteiger charge is -2.44. The number of amides is 3. The fraction of sp³-hybridized carbons (Fsp3) is 0.349. The molecule has 0 aromatic heterocycles. The van der Waals surface area contributed by atoms with Crippen LogP contribution in [-0.4, -0.2) is 79.8 Å². The topological polar surface area (TPSA) is 114 Å². The molecule has 10 nitrogen and oxygen atoms in total. The molecule has 2 saturated heterocycles. The minimum Gasteiger partial charge on any atom is -0.460 e. The largest absolute Gasteiger partial charge is 0.460 e. The first-order valence-electron chi connectivity index (χ1n) is 18.6. The van der Waals surface area contributed by atoms with Crippen molar-refractivity contribution in [2.24, 2.45) is 0 Å². The van der Waals surface area contributed by atoms with Crippen LogP contribution >= 0.6 is 0 Å². The lowest BCUT2D eigenvalue weighted by atomic mass is 10.1. The van der Waals surface area contributed by atoms with E-state index in [0.717, 1.165) is 21.5 Å². The Kier molecular flexibility index (Phi) is 12.3. The van der Waals surface area contributed by atoms with Gasteiger partial charge in [-0.1, -0.05) is 142 Å². The van der Waals surface area contributed by atoms with E-state index in [1.807, 2.05) is 97.1 Å². The third-order valence-corrected chi connectivity index (χ3v) is 15.3. The number of carbonyl (C=O) groups is 4. The normalized spacial score (nSPS) is 18.6. The Morgan fingerprint density at radius 1 is 0.704 bits per heavy atom. The molecule has 3 atom stereocenters. The zero-order valence-corrected chi connectivity index (χ0v) is 32.2. The highest BCUT2D eigenvalue weighted by Crippen LogP contribution is 2.39. The van der Waals surface area contributed by atoms with E-state index < -0.39 is 44.5 Å². The van der Waals surface area contributed by atoms with Crippen LogP contribution in [0, 0.1) is 0 Å². The molecule has 0 unspecified atom stereocenters. The third-order valence-electron chi connectivity index (χ3n) is 10.2. The van der Waals surface area contributed by atoms with Crippen molar-refractivity contribution in [1.29, 1.82) is 0 Å². The smallest absolute Gasteiger partial charge is 0.410 e. The number of likely N-dealkylation sites (tertiary alicyclic amines) is 2. The van der Waals surface area contributed by atoms with Gasteiger partial charge in [0.2, 0.25) is 11.8 Å². The van der Waals surface area contributed by atoms with Crippen LogP contribution in [-0.2, 0) is 41.5 Å². The summed E-state index contributed by atoms with van der Waals surface area (Å²) in [7, 11) is -3.06. The SMILES string of the molecule is CC(C)(C)[Si](O[C@@H]1C[C@@H](C(=O)NCC(=O)OCc2ccccc2)N(C(=O)[C@@H]2CCCN2C(=O)OCc2ccccc2)C1)(c1ccccc1)c1ccccc1. The van der Waals surface area contributed by atoms with Crippen molar-refractivity contribution in [2.75, 3.05) is 19.6 Å². The number of ether oxygens (including phenoxy) is 2. The van der Waals surface area contributed by atoms with Gasteiger partial charge in [-0.25, -0.2) is 4.79 Å². The van der Waals surface area contributed by atoms with Gasteiger partial charge in [0.05, 0.1) is 6.10 Å². The van der Waals surface area contributed by atoms with Gasteiger partial charge in [0, 0.05) is 19.5 Å². The van der Waals surface area contributed by atoms with Crippen LogP contribution in [0.25, 0.3) is 0 Å². The monoisotopic (exact) mass is 747 g/mol. The molecule has 0 saturated carbocycles. The van der Waals surface area contributed by atoms with Crippen molar-refractivity contribution in [3.63, 3.8) is 0 Å². The highest BCUT2D eigenvalue weighted by atomic mass is 28.4. The van der Waals surface area contributed by atoms with E-state index in [9.17, 15) is 19.2 Å². The fourth-order valence-corrected chi connectivity index (χ4v) is 12.3. The molecule has 0 spiro atoms. The van der Waals surface area contributed by atoms with E-state index in [2.05, 4.69) is 50.4 Å². The van der Waals surface area contributed by atoms with Crippen molar-refractivity contribution < 1.29 is 33.1 Å². The number of nitrogens with zero attached hydrogens (tertiary/aromatic N) is 2. The fourth-order valence-electron chi connectivity index (χ4n) is 7.62. The van der Waals surface area contributed by atoms with E-state index in [0.29, 0.717) is 19.4 Å². The van der Waals surface area contributed by atoms with Gasteiger partial charge in [-0.15, -0.1) is 0 Å². The van der Waals surface area contributed by atoms with Gasteiger partial charge in [-0.05, 0) is 39.4 Å². The average Bonchev–Trinajstić information content (AvgIpc) is 3.86. The van der Waals surface area contributed by atoms with Gasteiger partial charge in [0.25, 0.3) is 8.32 Å². The molecule has 54 heavy (non-hydrogen) atoms. The van der Waals surface area contributed by atoms with Crippen molar-refractivity contribution in [1.82, 2.24) is 15.1 Å². The van der Waals surface area contributed by atoms with Gasteiger partial charge < -0.3 is 24.1 Å². The summed E-state index contributed by atoms with van der Waals surface area (Å²) in [5, 5.41) is 4.56. The maximum Gasteiger partial charge on any atom is 0.410 e. The summed E-state index contributed by atoms with van der Waals surface area (Å²) < 4.78 is 18.4. The van der Waals surface area contributed by atoms with Crippen LogP contribution in [0.4, 0.5) is 4.79 Å². The molecular weight excluding hydrogens is 699 g/mol. The molecule has 282 valence electrons. The van der Waals surface area contributed by atoms with Crippen LogP contribution in [0.3, 0.4) is 0 Å². The summed E-state index contributed by atoms with van der Waals surface area (Å²) >= 11 is 0. The second-order valence-electron chi connectivity index (χ2n) is 14.9. The predicted molar refractivity (Wildman–Crippen MR) is 208 cm³/mol. The minimum absolute atomic E-state index is 0.0792. The molecule has 1 N–H and O–H groups in total. The predicted octanol–water partition coefficient (Wildman–Crippen LogP) is 5.19. The van der Waals surface area contributed by atoms with E-state index in [4.69, 9.17) is 13.9 Å². The number of hydrogen-bond acceptors (Lipinski definition) is 7. The van der Waals surface area contributed by atoms with Crippen molar-refractivity contribution in [3.05, 3.63) is 132 Å². The lowest BCUT2D eigenvalue weighted by Crippen LogP contribution is -2.67. The van der Waals surface area contributed by atoms with E-state index in [-0.39, 0.29) is 43.7 Å². The number of nitrogens with one attached hydrogen (secondary N) is 1. The van der Waals surface area contributed by atoms with Gasteiger partial charge in [0.15, 0.2) is 0 Å². The summed E-state index contributed by atoms with van der Waals surface area (Å²) in [5.74, 6) is -1.42. The zero-order chi connectivity index (χ0) is 38.1. The molecule has 6 rings (SSSR count). The molecule has 0 aliphatic carbocycles. The average molecular weight is 748 g/mol. The second kappa shape index (κ2) is 17.3. The van der Waals surface area contributed by atoms with Gasteiger partial charge in [-0.3, -0.25) is 19.3 Å². The maximum absolute atomic E-state index is 14.6. The summed E-state index contributed by atoms with van der Waals surface area (Å²) in [6.07, 6.45) is 0.191. The van der Waals surface area contributed by atoms with Crippen molar-refractivity contribution >= 4 is 42.6 Å². The van der Waals surface area contributed by atoms with Gasteiger partial charge >= 0.3 is 12.1 Å². The highest BCUT2D eigenvalue weighted by Gasteiger charge is 2.54. The zero-order valence-electron chi connectivity index (χ0n) is 31.2. The summed E-state index contributed by atoms with van der Waals surface area (Å²) in [5.41, 5.74) is 1.67. The number of carbonyl (C=O) groups excluding carboxylic acids is 4. The first-order valence-corrected chi connectivity index (χ1v) is 20.5.